The van der Waals surface area contributed by atoms with E-state index in [2.05, 4.69) is 13.8 Å². The van der Waals surface area contributed by atoms with Crippen LogP contribution < -0.4 is 9.47 Å². The maximum absolute atomic E-state index is 12.1. The molecule has 1 aromatic carbocycles. The van der Waals surface area contributed by atoms with Crippen LogP contribution in [0, 0.1) is 5.92 Å². The van der Waals surface area contributed by atoms with Gasteiger partial charge in [0.05, 0.1) is 6.26 Å². The molecule has 3 rings (SSSR count). The molecule has 0 fully saturated rings. The zero-order valence-corrected chi connectivity index (χ0v) is 15.0. The zero-order valence-electron chi connectivity index (χ0n) is 15.0. The van der Waals surface area contributed by atoms with Gasteiger partial charge in [-0.1, -0.05) is 19.9 Å². The van der Waals surface area contributed by atoms with E-state index in [0.717, 1.165) is 29.2 Å². The zero-order chi connectivity index (χ0) is 17.8. The van der Waals surface area contributed by atoms with Gasteiger partial charge in [-0.15, -0.1) is 0 Å². The van der Waals surface area contributed by atoms with Gasteiger partial charge in [0.15, 0.2) is 11.5 Å². The van der Waals surface area contributed by atoms with Crippen LogP contribution in [0.5, 0.6) is 11.5 Å². The predicted molar refractivity (Wildman–Crippen MR) is 94.6 cm³/mol. The van der Waals surface area contributed by atoms with Gasteiger partial charge in [-0.2, -0.15) is 0 Å². The summed E-state index contributed by atoms with van der Waals surface area (Å²) in [6, 6.07) is 9.76. The lowest BCUT2D eigenvalue weighted by Gasteiger charge is -2.25. The van der Waals surface area contributed by atoms with Gasteiger partial charge in [0.2, 0.25) is 12.7 Å². The molecule has 0 saturated carbocycles. The molecule has 0 bridgehead atoms. The lowest BCUT2D eigenvalue weighted by molar-refractivity contribution is -0.129. The highest BCUT2D eigenvalue weighted by Gasteiger charge is 2.21. The molecule has 0 unspecified atom stereocenters. The van der Waals surface area contributed by atoms with E-state index in [4.69, 9.17) is 13.9 Å². The molecule has 0 spiro atoms. The van der Waals surface area contributed by atoms with Crippen molar-refractivity contribution in [3.05, 3.63) is 47.9 Å². The second-order valence-electron chi connectivity index (χ2n) is 6.78. The van der Waals surface area contributed by atoms with Crippen molar-refractivity contribution >= 4 is 5.91 Å². The molecule has 0 N–H and O–H groups in total. The Bertz CT molecular complexity index is 708. The van der Waals surface area contributed by atoms with Gasteiger partial charge in [-0.25, -0.2) is 0 Å². The number of rotatable bonds is 7. The molecule has 5 nitrogen and oxygen atoms in total. The first kappa shape index (κ1) is 17.4. The third kappa shape index (κ3) is 4.16. The third-order valence-electron chi connectivity index (χ3n) is 4.68. The SMILES string of the molecule is CC(=O)N(CC[C@@H](c1ccco1)C(C)C)Cc1ccc2c(c1)OCO2. The molecule has 0 saturated heterocycles. The molecule has 134 valence electrons. The Morgan fingerprint density at radius 3 is 2.68 bits per heavy atom. The maximum Gasteiger partial charge on any atom is 0.231 e. The van der Waals surface area contributed by atoms with Crippen LogP contribution in [-0.4, -0.2) is 24.1 Å². The minimum absolute atomic E-state index is 0.0691. The number of hydrogen-bond acceptors (Lipinski definition) is 4. The molecule has 0 aliphatic carbocycles. The minimum Gasteiger partial charge on any atom is -0.469 e. The Morgan fingerprint density at radius 2 is 2.00 bits per heavy atom. The Balaban J connectivity index is 1.66. The monoisotopic (exact) mass is 343 g/mol. The molecular formula is C20H25NO4. The summed E-state index contributed by atoms with van der Waals surface area (Å²) in [6.07, 6.45) is 2.58. The minimum atomic E-state index is 0.0691. The van der Waals surface area contributed by atoms with Gasteiger partial charge in [-0.05, 0) is 42.2 Å². The lowest BCUT2D eigenvalue weighted by atomic mass is 9.90. The van der Waals surface area contributed by atoms with Crippen molar-refractivity contribution in [1.29, 1.82) is 0 Å². The number of furan rings is 1. The highest BCUT2D eigenvalue weighted by Crippen LogP contribution is 2.33. The number of amides is 1. The van der Waals surface area contributed by atoms with E-state index < -0.39 is 0 Å². The molecule has 1 aromatic heterocycles. The van der Waals surface area contributed by atoms with Gasteiger partial charge in [0.25, 0.3) is 0 Å². The Kier molecular flexibility index (Phi) is 5.31. The Hall–Kier alpha value is -2.43. The molecule has 1 amide bonds. The Labute approximate surface area is 148 Å². The van der Waals surface area contributed by atoms with Crippen molar-refractivity contribution in [2.75, 3.05) is 13.3 Å². The van der Waals surface area contributed by atoms with E-state index in [0.29, 0.717) is 24.9 Å². The molecular weight excluding hydrogens is 318 g/mol. The fourth-order valence-electron chi connectivity index (χ4n) is 3.21. The lowest BCUT2D eigenvalue weighted by Crippen LogP contribution is -2.30. The first-order valence-electron chi connectivity index (χ1n) is 8.72. The Morgan fingerprint density at radius 1 is 1.20 bits per heavy atom. The quantitative estimate of drug-likeness (QED) is 0.756. The van der Waals surface area contributed by atoms with E-state index in [1.54, 1.807) is 13.2 Å². The van der Waals surface area contributed by atoms with Crippen LogP contribution in [0.25, 0.3) is 0 Å². The summed E-state index contributed by atoms with van der Waals surface area (Å²) in [7, 11) is 0. The molecule has 1 aliphatic heterocycles. The number of fused-ring (bicyclic) bond motifs is 1. The second-order valence-corrected chi connectivity index (χ2v) is 6.78. The highest BCUT2D eigenvalue weighted by molar-refractivity contribution is 5.73. The first-order chi connectivity index (χ1) is 12.0. The van der Waals surface area contributed by atoms with Crippen molar-refractivity contribution in [3.63, 3.8) is 0 Å². The van der Waals surface area contributed by atoms with E-state index >= 15 is 0 Å². The summed E-state index contributed by atoms with van der Waals surface area (Å²) in [5.74, 6) is 3.31. The molecule has 2 aromatic rings. The van der Waals surface area contributed by atoms with Gasteiger partial charge >= 0.3 is 0 Å². The van der Waals surface area contributed by atoms with Crippen LogP contribution in [0.3, 0.4) is 0 Å². The van der Waals surface area contributed by atoms with Crippen LogP contribution in [-0.2, 0) is 11.3 Å². The normalized spacial score (nSPS) is 13.9. The van der Waals surface area contributed by atoms with Gasteiger partial charge in [0.1, 0.15) is 5.76 Å². The van der Waals surface area contributed by atoms with Crippen LogP contribution in [0.2, 0.25) is 0 Å². The molecule has 25 heavy (non-hydrogen) atoms. The summed E-state index contributed by atoms with van der Waals surface area (Å²) >= 11 is 0. The average molecular weight is 343 g/mol. The van der Waals surface area contributed by atoms with Crippen molar-refractivity contribution in [1.82, 2.24) is 4.90 Å². The summed E-state index contributed by atoms with van der Waals surface area (Å²) in [6.45, 7) is 7.49. The number of benzene rings is 1. The van der Waals surface area contributed by atoms with Crippen molar-refractivity contribution in [2.45, 2.75) is 39.7 Å². The van der Waals surface area contributed by atoms with Crippen LogP contribution in [0.1, 0.15) is 44.4 Å². The summed E-state index contributed by atoms with van der Waals surface area (Å²) in [4.78, 5) is 14.0. The maximum atomic E-state index is 12.1. The highest BCUT2D eigenvalue weighted by atomic mass is 16.7. The molecule has 1 aliphatic rings. The number of hydrogen-bond donors (Lipinski definition) is 0. The van der Waals surface area contributed by atoms with Crippen LogP contribution >= 0.6 is 0 Å². The molecule has 5 heteroatoms. The van der Waals surface area contributed by atoms with Crippen molar-refractivity contribution in [2.24, 2.45) is 5.92 Å². The summed E-state index contributed by atoms with van der Waals surface area (Å²) in [5, 5.41) is 0. The van der Waals surface area contributed by atoms with Gasteiger partial charge in [-0.3, -0.25) is 4.79 Å². The predicted octanol–water partition coefficient (Wildman–Crippen LogP) is 4.19. The smallest absolute Gasteiger partial charge is 0.231 e. The van der Waals surface area contributed by atoms with Gasteiger partial charge in [0, 0.05) is 25.9 Å². The molecule has 1 atom stereocenters. The third-order valence-corrected chi connectivity index (χ3v) is 4.68. The standard InChI is InChI=1S/C20H25NO4/c1-14(2)17(18-5-4-10-23-18)8-9-21(15(3)22)12-16-6-7-19-20(11-16)25-13-24-19/h4-7,10-11,14,17H,8-9,12-13H2,1-3H3/t17-/m1/s1. The van der Waals surface area contributed by atoms with Crippen LogP contribution in [0.15, 0.2) is 41.0 Å². The molecule has 0 radical (unpaired) electrons. The number of ether oxygens (including phenoxy) is 2. The van der Waals surface area contributed by atoms with Crippen molar-refractivity contribution < 1.29 is 18.7 Å². The average Bonchev–Trinajstić information content (AvgIpc) is 3.24. The summed E-state index contributed by atoms with van der Waals surface area (Å²) in [5.41, 5.74) is 1.04. The van der Waals surface area contributed by atoms with E-state index in [9.17, 15) is 4.79 Å². The fraction of sp³-hybridized carbons (Fsp3) is 0.450. The molecule has 2 heterocycles. The topological polar surface area (TPSA) is 51.9 Å². The van der Waals surface area contributed by atoms with Gasteiger partial charge < -0.3 is 18.8 Å². The number of carbonyl (C=O) groups excluding carboxylic acids is 1. The second kappa shape index (κ2) is 7.64. The summed E-state index contributed by atoms with van der Waals surface area (Å²) < 4.78 is 16.3. The number of nitrogens with zero attached hydrogens (tertiary/aromatic N) is 1. The van der Waals surface area contributed by atoms with E-state index in [1.165, 1.54) is 0 Å². The van der Waals surface area contributed by atoms with Crippen LogP contribution in [0.4, 0.5) is 0 Å². The fourth-order valence-corrected chi connectivity index (χ4v) is 3.21. The largest absolute Gasteiger partial charge is 0.469 e. The van der Waals surface area contributed by atoms with Crippen molar-refractivity contribution in [3.8, 4) is 11.5 Å². The first-order valence-corrected chi connectivity index (χ1v) is 8.72. The van der Waals surface area contributed by atoms with E-state index in [-0.39, 0.29) is 12.7 Å². The number of carbonyl (C=O) groups is 1. The van der Waals surface area contributed by atoms with E-state index in [1.807, 2.05) is 35.2 Å².